The van der Waals surface area contributed by atoms with E-state index in [1.807, 2.05) is 40.7 Å². The lowest BCUT2D eigenvalue weighted by atomic mass is 10.1. The van der Waals surface area contributed by atoms with Gasteiger partial charge >= 0.3 is 0 Å². The average Bonchev–Trinajstić information content (AvgIpc) is 2.52. The third-order valence-corrected chi connectivity index (χ3v) is 2.92. The highest BCUT2D eigenvalue weighted by Crippen LogP contribution is 2.34. The fourth-order valence-corrected chi connectivity index (χ4v) is 1.88. The first-order chi connectivity index (χ1) is 10.9. The standard InChI is InChI=1S/C14H19N5O2.C2H6/c1-7(2)11-9(5-8(3)13(18-11)20-4)21-10-6-17-14(16)19-12(10)15;1-2/h5-7H,1-4H3,(H4,15,16,17,19);1-2H3. The number of pyridine rings is 1. The molecule has 4 N–H and O–H groups in total. The molecule has 0 aliphatic carbocycles. The fraction of sp³-hybridized carbons (Fsp3) is 0.438. The summed E-state index contributed by atoms with van der Waals surface area (Å²) in [6.07, 6.45) is 1.45. The molecule has 0 atom stereocenters. The Bertz CT molecular complexity index is 659. The third kappa shape index (κ3) is 4.45. The van der Waals surface area contributed by atoms with Gasteiger partial charge in [0.2, 0.25) is 11.8 Å². The maximum Gasteiger partial charge on any atom is 0.222 e. The van der Waals surface area contributed by atoms with E-state index in [4.69, 9.17) is 20.9 Å². The van der Waals surface area contributed by atoms with E-state index in [0.717, 1.165) is 11.3 Å². The second-order valence-corrected chi connectivity index (χ2v) is 4.93. The van der Waals surface area contributed by atoms with Crippen molar-refractivity contribution in [2.24, 2.45) is 0 Å². The van der Waals surface area contributed by atoms with Crippen molar-refractivity contribution in [2.75, 3.05) is 18.6 Å². The average molecular weight is 319 g/mol. The predicted octanol–water partition coefficient (Wildman–Crippen LogP) is 3.29. The van der Waals surface area contributed by atoms with Gasteiger partial charge in [-0.25, -0.2) is 9.97 Å². The molecule has 2 heterocycles. The van der Waals surface area contributed by atoms with Gasteiger partial charge in [-0.05, 0) is 18.9 Å². The van der Waals surface area contributed by atoms with Crippen LogP contribution in [-0.2, 0) is 0 Å². The van der Waals surface area contributed by atoms with Gasteiger partial charge in [0.25, 0.3) is 0 Å². The van der Waals surface area contributed by atoms with Crippen molar-refractivity contribution in [1.29, 1.82) is 0 Å². The highest BCUT2D eigenvalue weighted by atomic mass is 16.5. The molecular weight excluding hydrogens is 294 g/mol. The van der Waals surface area contributed by atoms with Gasteiger partial charge in [0, 0.05) is 5.56 Å². The van der Waals surface area contributed by atoms with Gasteiger partial charge in [-0.2, -0.15) is 4.98 Å². The monoisotopic (exact) mass is 319 g/mol. The second-order valence-electron chi connectivity index (χ2n) is 4.93. The van der Waals surface area contributed by atoms with Crippen LogP contribution in [0.5, 0.6) is 17.4 Å². The van der Waals surface area contributed by atoms with Gasteiger partial charge in [0.05, 0.1) is 19.0 Å². The molecule has 0 unspecified atom stereocenters. The Kier molecular flexibility index (Phi) is 6.56. The predicted molar refractivity (Wildman–Crippen MR) is 91.9 cm³/mol. The molecule has 0 spiro atoms. The summed E-state index contributed by atoms with van der Waals surface area (Å²) in [4.78, 5) is 12.2. The number of nitrogens with zero attached hydrogens (tertiary/aromatic N) is 3. The van der Waals surface area contributed by atoms with Crippen LogP contribution >= 0.6 is 0 Å². The van der Waals surface area contributed by atoms with E-state index in [0.29, 0.717) is 17.4 Å². The fourth-order valence-electron chi connectivity index (χ4n) is 1.88. The molecule has 0 aliphatic rings. The van der Waals surface area contributed by atoms with Crippen LogP contribution in [-0.4, -0.2) is 22.1 Å². The van der Waals surface area contributed by atoms with E-state index in [-0.39, 0.29) is 17.7 Å². The normalized spacial score (nSPS) is 10.0. The number of anilines is 2. The molecule has 7 heteroatoms. The Labute approximate surface area is 137 Å². The largest absolute Gasteiger partial charge is 0.481 e. The number of ether oxygens (including phenoxy) is 2. The minimum Gasteiger partial charge on any atom is -0.481 e. The summed E-state index contributed by atoms with van der Waals surface area (Å²) in [5, 5.41) is 0. The summed E-state index contributed by atoms with van der Waals surface area (Å²) in [5.41, 5.74) is 12.9. The zero-order valence-corrected chi connectivity index (χ0v) is 14.5. The minimum absolute atomic E-state index is 0.105. The first kappa shape index (κ1) is 18.5. The van der Waals surface area contributed by atoms with Crippen molar-refractivity contribution >= 4 is 11.8 Å². The van der Waals surface area contributed by atoms with Crippen LogP contribution in [0.15, 0.2) is 12.3 Å². The van der Waals surface area contributed by atoms with Gasteiger partial charge in [-0.1, -0.05) is 27.7 Å². The summed E-state index contributed by atoms with van der Waals surface area (Å²) in [5.74, 6) is 1.97. The summed E-state index contributed by atoms with van der Waals surface area (Å²) in [6.45, 7) is 9.94. The first-order valence-electron chi connectivity index (χ1n) is 7.53. The van der Waals surface area contributed by atoms with Crippen LogP contribution in [0.4, 0.5) is 11.8 Å². The number of methoxy groups -OCH3 is 1. The number of hydrogen-bond donors (Lipinski definition) is 2. The van der Waals surface area contributed by atoms with Crippen molar-refractivity contribution in [1.82, 2.24) is 15.0 Å². The summed E-state index contributed by atoms with van der Waals surface area (Å²) < 4.78 is 11.1. The van der Waals surface area contributed by atoms with Crippen molar-refractivity contribution in [3.8, 4) is 17.4 Å². The Morgan fingerprint density at radius 3 is 2.26 bits per heavy atom. The summed E-state index contributed by atoms with van der Waals surface area (Å²) in [7, 11) is 1.59. The minimum atomic E-state index is 0.105. The lowest BCUT2D eigenvalue weighted by Crippen LogP contribution is -2.05. The molecule has 0 bridgehead atoms. The smallest absolute Gasteiger partial charge is 0.222 e. The van der Waals surface area contributed by atoms with Crippen molar-refractivity contribution in [3.63, 3.8) is 0 Å². The molecule has 0 aliphatic heterocycles. The zero-order chi connectivity index (χ0) is 17.6. The van der Waals surface area contributed by atoms with Crippen molar-refractivity contribution in [3.05, 3.63) is 23.5 Å². The van der Waals surface area contributed by atoms with Crippen LogP contribution in [0.2, 0.25) is 0 Å². The maximum atomic E-state index is 5.81. The SMILES string of the molecule is CC.COc1nc(C(C)C)c(Oc2cnc(N)nc2N)cc1C. The van der Waals surface area contributed by atoms with E-state index in [2.05, 4.69) is 15.0 Å². The number of aryl methyl sites for hydroxylation is 1. The third-order valence-electron chi connectivity index (χ3n) is 2.92. The first-order valence-corrected chi connectivity index (χ1v) is 7.53. The van der Waals surface area contributed by atoms with Gasteiger partial charge in [-0.15, -0.1) is 0 Å². The highest BCUT2D eigenvalue weighted by molar-refractivity contribution is 5.50. The highest BCUT2D eigenvalue weighted by Gasteiger charge is 2.16. The summed E-state index contributed by atoms with van der Waals surface area (Å²) >= 11 is 0. The van der Waals surface area contributed by atoms with Gasteiger partial charge in [-0.3, -0.25) is 0 Å². The number of nitrogen functional groups attached to an aromatic ring is 2. The Hall–Kier alpha value is -2.57. The molecule has 0 aromatic carbocycles. The maximum absolute atomic E-state index is 5.81. The van der Waals surface area contributed by atoms with Gasteiger partial charge < -0.3 is 20.9 Å². The molecule has 0 amide bonds. The zero-order valence-electron chi connectivity index (χ0n) is 14.5. The van der Waals surface area contributed by atoms with Crippen LogP contribution in [0.1, 0.15) is 44.9 Å². The lowest BCUT2D eigenvalue weighted by molar-refractivity contribution is 0.387. The Morgan fingerprint density at radius 2 is 1.74 bits per heavy atom. The van der Waals surface area contributed by atoms with E-state index >= 15 is 0 Å². The molecule has 2 rings (SSSR count). The molecule has 2 aromatic heterocycles. The van der Waals surface area contributed by atoms with Crippen LogP contribution in [0.25, 0.3) is 0 Å². The second kappa shape index (κ2) is 8.17. The van der Waals surface area contributed by atoms with E-state index < -0.39 is 0 Å². The number of hydrogen-bond acceptors (Lipinski definition) is 7. The molecular formula is C16H25N5O2. The Morgan fingerprint density at radius 1 is 1.09 bits per heavy atom. The molecule has 0 saturated heterocycles. The molecule has 7 nitrogen and oxygen atoms in total. The van der Waals surface area contributed by atoms with Gasteiger partial charge in [0.15, 0.2) is 11.6 Å². The molecule has 23 heavy (non-hydrogen) atoms. The van der Waals surface area contributed by atoms with E-state index in [1.165, 1.54) is 6.20 Å². The van der Waals surface area contributed by atoms with Crippen LogP contribution in [0, 0.1) is 6.92 Å². The number of rotatable bonds is 4. The Balaban J connectivity index is 0.00000127. The molecule has 0 saturated carbocycles. The van der Waals surface area contributed by atoms with Crippen LogP contribution < -0.4 is 20.9 Å². The number of aromatic nitrogens is 3. The topological polar surface area (TPSA) is 109 Å². The van der Waals surface area contributed by atoms with E-state index in [9.17, 15) is 0 Å². The number of nitrogens with two attached hydrogens (primary N) is 2. The van der Waals surface area contributed by atoms with E-state index in [1.54, 1.807) is 7.11 Å². The van der Waals surface area contributed by atoms with Gasteiger partial charge in [0.1, 0.15) is 5.75 Å². The summed E-state index contributed by atoms with van der Waals surface area (Å²) in [6, 6.07) is 1.86. The molecule has 126 valence electrons. The van der Waals surface area contributed by atoms with Crippen LogP contribution in [0.3, 0.4) is 0 Å². The molecule has 0 radical (unpaired) electrons. The molecule has 2 aromatic rings. The quantitative estimate of drug-likeness (QED) is 0.889. The molecule has 0 fully saturated rings. The van der Waals surface area contributed by atoms with Crippen molar-refractivity contribution < 1.29 is 9.47 Å². The van der Waals surface area contributed by atoms with Crippen molar-refractivity contribution in [2.45, 2.75) is 40.5 Å². The lowest BCUT2D eigenvalue weighted by Gasteiger charge is -2.16.